The van der Waals surface area contributed by atoms with Crippen LogP contribution in [0.25, 0.3) is 0 Å². The van der Waals surface area contributed by atoms with Crippen molar-refractivity contribution in [1.29, 1.82) is 0 Å². The Morgan fingerprint density at radius 3 is 2.33 bits per heavy atom. The first-order valence-corrected chi connectivity index (χ1v) is 8.29. The molecule has 0 spiro atoms. The van der Waals surface area contributed by atoms with Crippen molar-refractivity contribution in [2.75, 3.05) is 40.0 Å². The maximum atomic E-state index is 5.74. The van der Waals surface area contributed by atoms with E-state index in [1.807, 2.05) is 13.8 Å². The van der Waals surface area contributed by atoms with Crippen LogP contribution in [-0.4, -0.2) is 52.0 Å². The largest absolute Gasteiger partial charge is 0.382 e. The van der Waals surface area contributed by atoms with Crippen LogP contribution < -0.4 is 10.6 Å². The molecule has 0 aliphatic heterocycles. The lowest BCUT2D eigenvalue weighted by atomic mass is 10.0. The van der Waals surface area contributed by atoms with E-state index in [0.717, 1.165) is 58.1 Å². The van der Waals surface area contributed by atoms with Crippen molar-refractivity contribution >= 4 is 5.96 Å². The van der Waals surface area contributed by atoms with Gasteiger partial charge in [-0.1, -0.05) is 13.8 Å². The molecule has 0 aromatic rings. The second kappa shape index (κ2) is 14.1. The summed E-state index contributed by atoms with van der Waals surface area (Å²) in [6, 6.07) is 0. The van der Waals surface area contributed by atoms with Crippen molar-refractivity contribution in [3.8, 4) is 0 Å². The fourth-order valence-electron chi connectivity index (χ4n) is 2.06. The molecule has 126 valence electrons. The van der Waals surface area contributed by atoms with Crippen molar-refractivity contribution < 1.29 is 9.47 Å². The number of hydrogen-bond donors (Lipinski definition) is 2. The highest BCUT2D eigenvalue weighted by molar-refractivity contribution is 5.79. The quantitative estimate of drug-likeness (QED) is 0.330. The first-order valence-electron chi connectivity index (χ1n) is 8.29. The second-order valence-corrected chi connectivity index (χ2v) is 5.36. The van der Waals surface area contributed by atoms with Gasteiger partial charge in [0, 0.05) is 40.0 Å². The van der Waals surface area contributed by atoms with E-state index >= 15 is 0 Å². The number of ether oxygens (including phenoxy) is 2. The number of guanidine groups is 1. The lowest BCUT2D eigenvalue weighted by Gasteiger charge is -2.21. The zero-order valence-electron chi connectivity index (χ0n) is 14.6. The van der Waals surface area contributed by atoms with Crippen LogP contribution in [0, 0.1) is 5.92 Å². The van der Waals surface area contributed by atoms with Crippen molar-refractivity contribution in [2.24, 2.45) is 10.9 Å². The highest BCUT2D eigenvalue weighted by atomic mass is 16.5. The summed E-state index contributed by atoms with van der Waals surface area (Å²) in [5, 5.41) is 6.67. The van der Waals surface area contributed by atoms with Gasteiger partial charge in [0.2, 0.25) is 0 Å². The van der Waals surface area contributed by atoms with Crippen LogP contribution in [0.15, 0.2) is 4.99 Å². The molecule has 0 rings (SSSR count). The van der Waals surface area contributed by atoms with E-state index in [1.165, 1.54) is 0 Å². The molecule has 0 radical (unpaired) electrons. The number of nitrogens with one attached hydrogen (secondary N) is 2. The average Bonchev–Trinajstić information content (AvgIpc) is 2.47. The number of rotatable bonds is 12. The predicted molar refractivity (Wildman–Crippen MR) is 90.0 cm³/mol. The minimum Gasteiger partial charge on any atom is -0.382 e. The number of nitrogens with zero attached hydrogens (tertiary/aromatic N) is 1. The Hall–Kier alpha value is -0.810. The molecule has 21 heavy (non-hydrogen) atoms. The molecule has 0 bridgehead atoms. The maximum absolute atomic E-state index is 5.74. The summed E-state index contributed by atoms with van der Waals surface area (Å²) >= 11 is 0. The van der Waals surface area contributed by atoms with E-state index in [2.05, 4.69) is 29.5 Å². The van der Waals surface area contributed by atoms with E-state index in [-0.39, 0.29) is 0 Å². The highest BCUT2D eigenvalue weighted by Crippen LogP contribution is 2.09. The molecule has 1 atom stereocenters. The van der Waals surface area contributed by atoms with Gasteiger partial charge in [-0.25, -0.2) is 0 Å². The summed E-state index contributed by atoms with van der Waals surface area (Å²) in [7, 11) is 1.80. The zero-order chi connectivity index (χ0) is 15.9. The number of aliphatic imine (C=N–C) groups is 1. The summed E-state index contributed by atoms with van der Waals surface area (Å²) in [6.45, 7) is 12.7. The standard InChI is InChI=1S/C16H35N3O2/c1-6-20-13-9-8-11-18-16(17-5)19-12-10-15(14(3)4)21-7-2/h14-15H,6-13H2,1-5H3,(H2,17,18,19). The SMILES string of the molecule is CCOCCCCNC(=NC)NCCC(OCC)C(C)C. The normalized spacial score (nSPS) is 13.5. The van der Waals surface area contributed by atoms with Crippen molar-refractivity contribution in [3.05, 3.63) is 0 Å². The van der Waals surface area contributed by atoms with Crippen LogP contribution in [0.5, 0.6) is 0 Å². The summed E-state index contributed by atoms with van der Waals surface area (Å²) in [6.07, 6.45) is 3.48. The molecule has 5 heteroatoms. The number of hydrogen-bond acceptors (Lipinski definition) is 3. The van der Waals surface area contributed by atoms with Crippen molar-refractivity contribution in [3.63, 3.8) is 0 Å². The first kappa shape index (κ1) is 20.2. The Morgan fingerprint density at radius 2 is 1.76 bits per heavy atom. The molecule has 0 aromatic heterocycles. The van der Waals surface area contributed by atoms with Crippen LogP contribution in [0.1, 0.15) is 47.0 Å². The van der Waals surface area contributed by atoms with Gasteiger partial charge in [0.05, 0.1) is 6.10 Å². The Kier molecular flexibility index (Phi) is 13.6. The fraction of sp³-hybridized carbons (Fsp3) is 0.938. The third kappa shape index (κ3) is 11.5. The third-order valence-electron chi connectivity index (χ3n) is 3.28. The molecule has 1 unspecified atom stereocenters. The summed E-state index contributed by atoms with van der Waals surface area (Å²) in [4.78, 5) is 4.23. The van der Waals surface area contributed by atoms with Gasteiger partial charge in [-0.05, 0) is 39.0 Å². The van der Waals surface area contributed by atoms with E-state index < -0.39 is 0 Å². The molecular weight excluding hydrogens is 266 g/mol. The Balaban J connectivity index is 3.74. The van der Waals surface area contributed by atoms with Crippen LogP contribution >= 0.6 is 0 Å². The third-order valence-corrected chi connectivity index (χ3v) is 3.28. The first-order chi connectivity index (χ1) is 10.2. The molecule has 0 saturated carbocycles. The summed E-state index contributed by atoms with van der Waals surface area (Å²) in [5.41, 5.74) is 0. The number of unbranched alkanes of at least 4 members (excludes halogenated alkanes) is 1. The molecular formula is C16H35N3O2. The topological polar surface area (TPSA) is 54.9 Å². The van der Waals surface area contributed by atoms with E-state index in [0.29, 0.717) is 12.0 Å². The lowest BCUT2D eigenvalue weighted by molar-refractivity contribution is 0.0258. The average molecular weight is 301 g/mol. The maximum Gasteiger partial charge on any atom is 0.190 e. The fourth-order valence-corrected chi connectivity index (χ4v) is 2.06. The Labute approximate surface area is 130 Å². The molecule has 5 nitrogen and oxygen atoms in total. The highest BCUT2D eigenvalue weighted by Gasteiger charge is 2.12. The van der Waals surface area contributed by atoms with Crippen molar-refractivity contribution in [1.82, 2.24) is 10.6 Å². The van der Waals surface area contributed by atoms with Crippen LogP contribution in [-0.2, 0) is 9.47 Å². The molecule has 2 N–H and O–H groups in total. The molecule has 0 amide bonds. The van der Waals surface area contributed by atoms with Gasteiger partial charge in [-0.2, -0.15) is 0 Å². The van der Waals surface area contributed by atoms with Gasteiger partial charge in [0.25, 0.3) is 0 Å². The molecule has 0 aliphatic rings. The van der Waals surface area contributed by atoms with Crippen molar-refractivity contribution in [2.45, 2.75) is 53.1 Å². The second-order valence-electron chi connectivity index (χ2n) is 5.36. The predicted octanol–water partition coefficient (Wildman–Crippen LogP) is 2.42. The molecule has 0 heterocycles. The van der Waals surface area contributed by atoms with Gasteiger partial charge in [-0.3, -0.25) is 4.99 Å². The Morgan fingerprint density at radius 1 is 1.05 bits per heavy atom. The van der Waals surface area contributed by atoms with Crippen LogP contribution in [0.2, 0.25) is 0 Å². The Bertz CT molecular complexity index is 258. The molecule has 0 aromatic carbocycles. The van der Waals surface area contributed by atoms with E-state index in [4.69, 9.17) is 9.47 Å². The minimum atomic E-state index is 0.312. The smallest absolute Gasteiger partial charge is 0.190 e. The van der Waals surface area contributed by atoms with Crippen LogP contribution in [0.4, 0.5) is 0 Å². The van der Waals surface area contributed by atoms with Gasteiger partial charge >= 0.3 is 0 Å². The lowest BCUT2D eigenvalue weighted by Crippen LogP contribution is -2.39. The van der Waals surface area contributed by atoms with Crippen LogP contribution in [0.3, 0.4) is 0 Å². The van der Waals surface area contributed by atoms with Gasteiger partial charge in [0.15, 0.2) is 5.96 Å². The van der Waals surface area contributed by atoms with Gasteiger partial charge in [0.1, 0.15) is 0 Å². The molecule has 0 fully saturated rings. The summed E-state index contributed by atoms with van der Waals surface area (Å²) in [5.74, 6) is 1.41. The summed E-state index contributed by atoms with van der Waals surface area (Å²) < 4.78 is 11.1. The van der Waals surface area contributed by atoms with Gasteiger partial charge < -0.3 is 20.1 Å². The molecule has 0 saturated heterocycles. The monoisotopic (exact) mass is 301 g/mol. The minimum absolute atomic E-state index is 0.312. The zero-order valence-corrected chi connectivity index (χ0v) is 14.6. The van der Waals surface area contributed by atoms with Gasteiger partial charge in [-0.15, -0.1) is 0 Å². The van der Waals surface area contributed by atoms with E-state index in [9.17, 15) is 0 Å². The van der Waals surface area contributed by atoms with E-state index in [1.54, 1.807) is 7.05 Å². The molecule has 0 aliphatic carbocycles.